The molecule has 0 amide bonds. The van der Waals surface area contributed by atoms with Crippen LogP contribution in [0.2, 0.25) is 0 Å². The van der Waals surface area contributed by atoms with Gasteiger partial charge in [-0.05, 0) is 12.1 Å². The lowest BCUT2D eigenvalue weighted by Crippen LogP contribution is -1.99. The lowest BCUT2D eigenvalue weighted by atomic mass is 10.0. The number of non-ortho nitro benzene ring substituents is 2. The van der Waals surface area contributed by atoms with Gasteiger partial charge in [-0.1, -0.05) is 0 Å². The third kappa shape index (κ3) is 2.25. The molecule has 106 valence electrons. The SMILES string of the molecule is O=Cc1ccc2c([N+](=O)[O-])cc([N+](=O)[O-])cc2c1[N+](=O)[O-]. The van der Waals surface area contributed by atoms with E-state index in [9.17, 15) is 35.1 Å². The Morgan fingerprint density at radius 3 is 2.00 bits per heavy atom. The predicted molar refractivity (Wildman–Crippen MR) is 69.3 cm³/mol. The van der Waals surface area contributed by atoms with Gasteiger partial charge in [-0.3, -0.25) is 35.1 Å². The highest BCUT2D eigenvalue weighted by Crippen LogP contribution is 2.37. The molecule has 2 aromatic rings. The van der Waals surface area contributed by atoms with Gasteiger partial charge in [-0.2, -0.15) is 0 Å². The summed E-state index contributed by atoms with van der Waals surface area (Å²) >= 11 is 0. The highest BCUT2D eigenvalue weighted by atomic mass is 16.6. The molecule has 2 rings (SSSR count). The van der Waals surface area contributed by atoms with Gasteiger partial charge in [0.2, 0.25) is 0 Å². The number of benzene rings is 2. The number of nitro groups is 3. The maximum absolute atomic E-state index is 11.1. The fourth-order valence-electron chi connectivity index (χ4n) is 1.96. The van der Waals surface area contributed by atoms with E-state index in [1.54, 1.807) is 0 Å². The summed E-state index contributed by atoms with van der Waals surface area (Å²) < 4.78 is 0. The third-order valence-electron chi connectivity index (χ3n) is 2.82. The number of hydrogen-bond acceptors (Lipinski definition) is 7. The normalized spacial score (nSPS) is 10.3. The van der Waals surface area contributed by atoms with Crippen molar-refractivity contribution < 1.29 is 19.6 Å². The molecule has 0 spiro atoms. The van der Waals surface area contributed by atoms with E-state index in [0.29, 0.717) is 6.07 Å². The van der Waals surface area contributed by atoms with E-state index in [1.807, 2.05) is 0 Å². The van der Waals surface area contributed by atoms with E-state index in [1.165, 1.54) is 0 Å². The molecule has 2 aromatic carbocycles. The molecular formula is C11H5N3O7. The van der Waals surface area contributed by atoms with Gasteiger partial charge in [-0.15, -0.1) is 0 Å². The minimum absolute atomic E-state index is 0.150. The van der Waals surface area contributed by atoms with Crippen LogP contribution >= 0.6 is 0 Å². The number of carbonyl (C=O) groups excluding carboxylic acids is 1. The molecule has 0 N–H and O–H groups in total. The van der Waals surface area contributed by atoms with E-state index >= 15 is 0 Å². The molecule has 10 heteroatoms. The van der Waals surface area contributed by atoms with E-state index in [2.05, 4.69) is 0 Å². The zero-order valence-electron chi connectivity index (χ0n) is 10.1. The maximum atomic E-state index is 11.1. The van der Waals surface area contributed by atoms with Crippen LogP contribution in [0.15, 0.2) is 24.3 Å². The van der Waals surface area contributed by atoms with Crippen LogP contribution in [0.4, 0.5) is 17.1 Å². The Kier molecular flexibility index (Phi) is 3.28. The standard InChI is InChI=1S/C11H5N3O7/c15-5-6-1-2-8-9(11(6)14(20)21)3-7(12(16)17)4-10(8)13(18)19/h1-5H. The highest BCUT2D eigenvalue weighted by molar-refractivity contribution is 6.03. The summed E-state index contributed by atoms with van der Waals surface area (Å²) in [6.07, 6.45) is 0.211. The second-order valence-corrected chi connectivity index (χ2v) is 3.95. The van der Waals surface area contributed by atoms with Crippen molar-refractivity contribution in [2.45, 2.75) is 0 Å². The van der Waals surface area contributed by atoms with Crippen LogP contribution < -0.4 is 0 Å². The second kappa shape index (κ2) is 4.92. The van der Waals surface area contributed by atoms with Gasteiger partial charge < -0.3 is 0 Å². The fourth-order valence-corrected chi connectivity index (χ4v) is 1.96. The summed E-state index contributed by atoms with van der Waals surface area (Å²) in [6.45, 7) is 0. The Labute approximate surface area is 115 Å². The van der Waals surface area contributed by atoms with E-state index in [4.69, 9.17) is 0 Å². The van der Waals surface area contributed by atoms with Gasteiger partial charge in [0.05, 0.1) is 37.2 Å². The first-order valence-electron chi connectivity index (χ1n) is 5.36. The van der Waals surface area contributed by atoms with Crippen LogP contribution in [0, 0.1) is 30.3 Å². The van der Waals surface area contributed by atoms with Crippen LogP contribution in [0.5, 0.6) is 0 Å². The molecule has 10 nitrogen and oxygen atoms in total. The van der Waals surface area contributed by atoms with Gasteiger partial charge in [-0.25, -0.2) is 0 Å². The Morgan fingerprint density at radius 1 is 0.857 bits per heavy atom. The zero-order chi connectivity index (χ0) is 15.7. The highest BCUT2D eigenvalue weighted by Gasteiger charge is 2.26. The Hall–Kier alpha value is -3.43. The smallest absolute Gasteiger partial charge is 0.288 e. The predicted octanol–water partition coefficient (Wildman–Crippen LogP) is 2.38. The van der Waals surface area contributed by atoms with E-state index < -0.39 is 31.8 Å². The molecule has 0 aliphatic heterocycles. The minimum Gasteiger partial charge on any atom is -0.298 e. The first kappa shape index (κ1) is 14.0. The van der Waals surface area contributed by atoms with Gasteiger partial charge in [0, 0.05) is 6.07 Å². The molecule has 0 unspecified atom stereocenters. The number of fused-ring (bicyclic) bond motifs is 1. The van der Waals surface area contributed by atoms with Gasteiger partial charge >= 0.3 is 0 Å². The summed E-state index contributed by atoms with van der Waals surface area (Å²) in [5, 5.41) is 32.4. The second-order valence-electron chi connectivity index (χ2n) is 3.95. The van der Waals surface area contributed by atoms with Crippen LogP contribution in [0.1, 0.15) is 10.4 Å². The van der Waals surface area contributed by atoms with Crippen LogP contribution in [-0.4, -0.2) is 21.1 Å². The Morgan fingerprint density at radius 2 is 1.52 bits per heavy atom. The molecule has 0 aromatic heterocycles. The van der Waals surface area contributed by atoms with Crippen molar-refractivity contribution in [2.75, 3.05) is 0 Å². The summed E-state index contributed by atoms with van der Waals surface area (Å²) in [5.41, 5.74) is -2.32. The number of hydrogen-bond donors (Lipinski definition) is 0. The number of carbonyl (C=O) groups is 1. The first-order valence-corrected chi connectivity index (χ1v) is 5.36. The number of nitrogens with zero attached hydrogens (tertiary/aromatic N) is 3. The molecule has 0 atom stereocenters. The van der Waals surface area contributed by atoms with Crippen molar-refractivity contribution in [2.24, 2.45) is 0 Å². The fraction of sp³-hybridized carbons (Fsp3) is 0. The first-order chi connectivity index (χ1) is 9.86. The zero-order valence-corrected chi connectivity index (χ0v) is 10.1. The lowest BCUT2D eigenvalue weighted by Gasteiger charge is -2.03. The summed E-state index contributed by atoms with van der Waals surface area (Å²) in [4.78, 5) is 41.0. The van der Waals surface area contributed by atoms with Crippen molar-refractivity contribution in [3.8, 4) is 0 Å². The average Bonchev–Trinajstić information content (AvgIpc) is 2.43. The minimum atomic E-state index is -0.903. The van der Waals surface area contributed by atoms with Gasteiger partial charge in [0.25, 0.3) is 17.1 Å². The molecule has 0 heterocycles. The molecule has 21 heavy (non-hydrogen) atoms. The maximum Gasteiger partial charge on any atom is 0.288 e. The third-order valence-corrected chi connectivity index (χ3v) is 2.82. The average molecular weight is 291 g/mol. The topological polar surface area (TPSA) is 146 Å². The van der Waals surface area contributed by atoms with E-state index in [0.717, 1.165) is 18.2 Å². The van der Waals surface area contributed by atoms with Crippen molar-refractivity contribution in [3.63, 3.8) is 0 Å². The quantitative estimate of drug-likeness (QED) is 0.477. The lowest BCUT2D eigenvalue weighted by molar-refractivity contribution is -0.393. The molecule has 0 aliphatic rings. The van der Waals surface area contributed by atoms with Gasteiger partial charge in [0.1, 0.15) is 0 Å². The molecule has 0 bridgehead atoms. The molecule has 0 aliphatic carbocycles. The Bertz CT molecular complexity index is 815. The Balaban J connectivity index is 3.04. The summed E-state index contributed by atoms with van der Waals surface area (Å²) in [7, 11) is 0. The monoisotopic (exact) mass is 291 g/mol. The molecule has 0 saturated heterocycles. The van der Waals surface area contributed by atoms with E-state index in [-0.39, 0.29) is 22.6 Å². The molecule has 0 radical (unpaired) electrons. The largest absolute Gasteiger partial charge is 0.298 e. The van der Waals surface area contributed by atoms with Crippen LogP contribution in [0.3, 0.4) is 0 Å². The summed E-state index contributed by atoms with van der Waals surface area (Å²) in [5.74, 6) is 0. The van der Waals surface area contributed by atoms with Crippen molar-refractivity contribution in [3.05, 3.63) is 60.2 Å². The number of aldehydes is 1. The molecular weight excluding hydrogens is 286 g/mol. The van der Waals surface area contributed by atoms with Gasteiger partial charge in [0.15, 0.2) is 6.29 Å². The number of rotatable bonds is 4. The van der Waals surface area contributed by atoms with Crippen molar-refractivity contribution in [1.82, 2.24) is 0 Å². The van der Waals surface area contributed by atoms with Crippen LogP contribution in [-0.2, 0) is 0 Å². The molecule has 0 fully saturated rings. The van der Waals surface area contributed by atoms with Crippen molar-refractivity contribution in [1.29, 1.82) is 0 Å². The van der Waals surface area contributed by atoms with Crippen molar-refractivity contribution >= 4 is 34.1 Å². The van der Waals surface area contributed by atoms with Crippen LogP contribution in [0.25, 0.3) is 10.8 Å². The molecule has 0 saturated carbocycles. The summed E-state index contributed by atoms with van der Waals surface area (Å²) in [6, 6.07) is 3.76. The number of nitro benzene ring substituents is 3.